The summed E-state index contributed by atoms with van der Waals surface area (Å²) in [6.07, 6.45) is 0. The molecule has 0 fully saturated rings. The van der Waals surface area contributed by atoms with Crippen molar-refractivity contribution in [1.29, 1.82) is 0 Å². The first-order valence-electron chi connectivity index (χ1n) is 9.32. The third kappa shape index (κ3) is 5.40. The summed E-state index contributed by atoms with van der Waals surface area (Å²) in [6.45, 7) is 1.90. The molecule has 0 saturated heterocycles. The number of aryl methyl sites for hydroxylation is 1. The van der Waals surface area contributed by atoms with Crippen LogP contribution in [-0.2, 0) is 4.79 Å². The second kappa shape index (κ2) is 9.77. The van der Waals surface area contributed by atoms with Gasteiger partial charge in [0.1, 0.15) is 11.7 Å². The van der Waals surface area contributed by atoms with Crippen LogP contribution in [0.25, 0.3) is 0 Å². The van der Waals surface area contributed by atoms with Gasteiger partial charge in [0.15, 0.2) is 0 Å². The first-order valence-corrected chi connectivity index (χ1v) is 9.72. The van der Waals surface area contributed by atoms with Crippen LogP contribution in [0.4, 0.5) is 21.9 Å². The van der Waals surface area contributed by atoms with E-state index in [0.717, 1.165) is 9.87 Å². The average molecular weight is 436 g/mol. The molecule has 8 nitrogen and oxygen atoms in total. The molecule has 0 spiro atoms. The third-order valence-corrected chi connectivity index (χ3v) is 4.86. The van der Waals surface area contributed by atoms with Crippen LogP contribution < -0.4 is 10.6 Å². The number of hydrogen-bond acceptors (Lipinski definition) is 5. The molecule has 1 unspecified atom stereocenters. The van der Waals surface area contributed by atoms with Crippen molar-refractivity contribution in [3.05, 3.63) is 100 Å². The number of para-hydroxylation sites is 2. The molecule has 0 aliphatic rings. The Bertz CT molecular complexity index is 1110. The number of urea groups is 1. The maximum Gasteiger partial charge on any atom is 0.332 e. The van der Waals surface area contributed by atoms with Crippen molar-refractivity contribution >= 4 is 41.8 Å². The molecule has 0 radical (unpaired) electrons. The third-order valence-electron chi connectivity index (χ3n) is 4.44. The zero-order valence-electron chi connectivity index (χ0n) is 16.6. The van der Waals surface area contributed by atoms with Crippen LogP contribution in [0.5, 0.6) is 0 Å². The van der Waals surface area contributed by atoms with Gasteiger partial charge in [0, 0.05) is 11.8 Å². The Kier molecular flexibility index (Phi) is 6.88. The molecule has 0 heterocycles. The van der Waals surface area contributed by atoms with Crippen molar-refractivity contribution in [3.63, 3.8) is 0 Å². The summed E-state index contributed by atoms with van der Waals surface area (Å²) in [5.74, 6) is -0.482. The molecule has 0 aliphatic carbocycles. The summed E-state index contributed by atoms with van der Waals surface area (Å²) in [5, 5.41) is 16.5. The first kappa shape index (κ1) is 21.8. The lowest BCUT2D eigenvalue weighted by molar-refractivity contribution is -0.383. The Hall–Kier alpha value is -3.85. The summed E-state index contributed by atoms with van der Waals surface area (Å²) in [5.41, 5.74) is 1.80. The Morgan fingerprint density at radius 3 is 2.32 bits per heavy atom. The number of nitrogens with one attached hydrogen (secondary N) is 2. The summed E-state index contributed by atoms with van der Waals surface area (Å²) >= 11 is 4.26. The lowest BCUT2D eigenvalue weighted by Gasteiger charge is -2.26. The van der Waals surface area contributed by atoms with Gasteiger partial charge >= 0.3 is 6.03 Å². The van der Waals surface area contributed by atoms with Gasteiger partial charge in [-0.1, -0.05) is 67.4 Å². The lowest BCUT2D eigenvalue weighted by atomic mass is 10.1. The number of anilines is 2. The normalized spacial score (nSPS) is 11.3. The SMILES string of the molecule is Cc1cccc(NC(=O)C(c2ccccc2)N(S)C(=O)Nc2ccccc2[N+](=O)[O-])c1. The number of nitro benzene ring substituents is 1. The van der Waals surface area contributed by atoms with Gasteiger partial charge in [-0.2, -0.15) is 0 Å². The Morgan fingerprint density at radius 1 is 0.968 bits per heavy atom. The van der Waals surface area contributed by atoms with Crippen LogP contribution in [0.3, 0.4) is 0 Å². The molecule has 0 aliphatic heterocycles. The number of thiol groups is 1. The van der Waals surface area contributed by atoms with Crippen molar-refractivity contribution in [2.45, 2.75) is 13.0 Å². The molecule has 3 amide bonds. The van der Waals surface area contributed by atoms with E-state index in [9.17, 15) is 19.7 Å². The maximum absolute atomic E-state index is 13.1. The zero-order chi connectivity index (χ0) is 22.4. The summed E-state index contributed by atoms with van der Waals surface area (Å²) in [4.78, 5) is 36.6. The van der Waals surface area contributed by atoms with E-state index in [0.29, 0.717) is 11.3 Å². The van der Waals surface area contributed by atoms with Crippen LogP contribution >= 0.6 is 12.8 Å². The number of carbonyl (C=O) groups is 2. The van der Waals surface area contributed by atoms with E-state index >= 15 is 0 Å². The number of benzene rings is 3. The predicted octanol–water partition coefficient (Wildman–Crippen LogP) is 4.96. The van der Waals surface area contributed by atoms with Crippen molar-refractivity contribution in [3.8, 4) is 0 Å². The zero-order valence-corrected chi connectivity index (χ0v) is 17.5. The van der Waals surface area contributed by atoms with Gasteiger partial charge in [0.05, 0.1) is 4.92 Å². The van der Waals surface area contributed by atoms with Crippen molar-refractivity contribution < 1.29 is 14.5 Å². The van der Waals surface area contributed by atoms with Crippen LogP contribution in [0, 0.1) is 17.0 Å². The highest BCUT2D eigenvalue weighted by Crippen LogP contribution is 2.28. The lowest BCUT2D eigenvalue weighted by Crippen LogP contribution is -2.38. The number of nitro groups is 1. The quantitative estimate of drug-likeness (QED) is 0.288. The van der Waals surface area contributed by atoms with E-state index in [1.165, 1.54) is 18.2 Å². The molecule has 2 N–H and O–H groups in total. The summed E-state index contributed by atoms with van der Waals surface area (Å²) in [7, 11) is 0. The molecule has 0 bridgehead atoms. The van der Waals surface area contributed by atoms with Gasteiger partial charge < -0.3 is 10.6 Å². The highest BCUT2D eigenvalue weighted by molar-refractivity contribution is 7.78. The van der Waals surface area contributed by atoms with E-state index in [-0.39, 0.29) is 11.4 Å². The molecule has 0 saturated carbocycles. The van der Waals surface area contributed by atoms with Crippen LogP contribution in [0.15, 0.2) is 78.9 Å². The highest BCUT2D eigenvalue weighted by Gasteiger charge is 2.31. The van der Waals surface area contributed by atoms with Gasteiger partial charge in [-0.05, 0) is 36.2 Å². The van der Waals surface area contributed by atoms with Crippen molar-refractivity contribution in [2.75, 3.05) is 10.6 Å². The van der Waals surface area contributed by atoms with Crippen LogP contribution in [0.1, 0.15) is 17.2 Å². The number of rotatable bonds is 6. The topological polar surface area (TPSA) is 105 Å². The van der Waals surface area contributed by atoms with Gasteiger partial charge in [0.25, 0.3) is 11.6 Å². The molecule has 3 rings (SSSR count). The molecule has 1 atom stereocenters. The second-order valence-corrected chi connectivity index (χ2v) is 7.15. The van der Waals surface area contributed by atoms with Gasteiger partial charge in [-0.25, -0.2) is 4.79 Å². The second-order valence-electron chi connectivity index (χ2n) is 6.72. The maximum atomic E-state index is 13.1. The van der Waals surface area contributed by atoms with E-state index in [4.69, 9.17) is 0 Å². The fourth-order valence-electron chi connectivity index (χ4n) is 3.00. The number of amides is 3. The minimum atomic E-state index is -1.09. The van der Waals surface area contributed by atoms with Gasteiger partial charge in [0.2, 0.25) is 0 Å². The number of nitrogens with zero attached hydrogens (tertiary/aromatic N) is 2. The minimum Gasteiger partial charge on any atom is -0.324 e. The Labute approximate surface area is 184 Å². The standard InChI is InChI=1S/C22H20N4O4S/c1-15-8-7-11-17(14-15)23-21(27)20(16-9-3-2-4-10-16)25(31)22(28)24-18-12-5-6-13-19(18)26(29)30/h2-14,20,31H,1H3,(H,23,27)(H,24,28). The molecule has 9 heteroatoms. The monoisotopic (exact) mass is 436 g/mol. The highest BCUT2D eigenvalue weighted by atomic mass is 32.1. The summed E-state index contributed by atoms with van der Waals surface area (Å²) in [6, 6.07) is 19.8. The Morgan fingerprint density at radius 2 is 1.65 bits per heavy atom. The predicted molar refractivity (Wildman–Crippen MR) is 122 cm³/mol. The van der Waals surface area contributed by atoms with E-state index in [1.54, 1.807) is 48.5 Å². The number of hydrogen-bond donors (Lipinski definition) is 3. The first-order chi connectivity index (χ1) is 14.9. The van der Waals surface area contributed by atoms with Crippen molar-refractivity contribution in [1.82, 2.24) is 4.31 Å². The molecule has 31 heavy (non-hydrogen) atoms. The largest absolute Gasteiger partial charge is 0.332 e. The molecule has 158 valence electrons. The molecular weight excluding hydrogens is 416 g/mol. The van der Waals surface area contributed by atoms with Gasteiger partial charge in [-0.15, -0.1) is 0 Å². The number of carbonyl (C=O) groups excluding carboxylic acids is 2. The smallest absolute Gasteiger partial charge is 0.324 e. The van der Waals surface area contributed by atoms with E-state index < -0.39 is 22.9 Å². The Balaban J connectivity index is 1.88. The minimum absolute atomic E-state index is 0.00227. The molecule has 3 aromatic rings. The fourth-order valence-corrected chi connectivity index (χ4v) is 3.29. The van der Waals surface area contributed by atoms with E-state index in [2.05, 4.69) is 23.4 Å². The summed E-state index contributed by atoms with van der Waals surface area (Å²) < 4.78 is 0.914. The molecular formula is C22H20N4O4S. The van der Waals surface area contributed by atoms with E-state index in [1.807, 2.05) is 19.1 Å². The van der Waals surface area contributed by atoms with Crippen molar-refractivity contribution in [2.24, 2.45) is 0 Å². The van der Waals surface area contributed by atoms with Gasteiger partial charge in [-0.3, -0.25) is 19.2 Å². The molecule has 0 aromatic heterocycles. The van der Waals surface area contributed by atoms with Crippen LogP contribution in [-0.4, -0.2) is 21.2 Å². The molecule has 3 aromatic carbocycles. The average Bonchev–Trinajstić information content (AvgIpc) is 2.75. The fraction of sp³-hybridized carbons (Fsp3) is 0.0909. The van der Waals surface area contributed by atoms with Crippen LogP contribution in [0.2, 0.25) is 0 Å².